The van der Waals surface area contributed by atoms with Gasteiger partial charge in [-0.05, 0) is 35.4 Å². The van der Waals surface area contributed by atoms with Gasteiger partial charge in [0.05, 0.1) is 0 Å². The van der Waals surface area contributed by atoms with Crippen molar-refractivity contribution >= 4 is 12.3 Å². The molecule has 2 atom stereocenters. The van der Waals surface area contributed by atoms with E-state index in [-0.39, 0.29) is 38.5 Å². The molecule has 3 rings (SSSR count). The highest BCUT2D eigenvalue weighted by molar-refractivity contribution is 5.73. The minimum absolute atomic E-state index is 0.0889. The number of amides is 2. The van der Waals surface area contributed by atoms with Crippen molar-refractivity contribution in [3.63, 3.8) is 0 Å². The Morgan fingerprint density at radius 1 is 1.12 bits per heavy atom. The largest absolute Gasteiger partial charge is 0.624 e. The van der Waals surface area contributed by atoms with Crippen molar-refractivity contribution in [1.82, 2.24) is 10.4 Å². The first kappa shape index (κ1) is 23.5. The molecule has 0 aromatic heterocycles. The first-order valence-corrected chi connectivity index (χ1v) is 9.43. The van der Waals surface area contributed by atoms with Crippen LogP contribution >= 0.6 is 0 Å². The zero-order valence-electron chi connectivity index (χ0n) is 16.6. The van der Waals surface area contributed by atoms with Crippen LogP contribution in [0.25, 0.3) is 11.1 Å². The van der Waals surface area contributed by atoms with Crippen LogP contribution in [-0.4, -0.2) is 66.0 Å². The van der Waals surface area contributed by atoms with Crippen LogP contribution in [0, 0.1) is 5.21 Å². The van der Waals surface area contributed by atoms with Crippen LogP contribution in [0.3, 0.4) is 0 Å². The van der Waals surface area contributed by atoms with Gasteiger partial charge >= 0.3 is 12.3 Å². The fourth-order valence-corrected chi connectivity index (χ4v) is 3.17. The Morgan fingerprint density at radius 2 is 1.69 bits per heavy atom. The van der Waals surface area contributed by atoms with Gasteiger partial charge in [-0.2, -0.15) is 0 Å². The lowest BCUT2D eigenvalue weighted by Gasteiger charge is -2.38. The number of nitrogens with zero attached hydrogens (tertiary/aromatic N) is 2. The lowest BCUT2D eigenvalue weighted by atomic mass is 10.1. The Morgan fingerprint density at radius 3 is 2.16 bits per heavy atom. The molecule has 2 aromatic rings. The number of benzene rings is 2. The van der Waals surface area contributed by atoms with Crippen LogP contribution in [0.1, 0.15) is 0 Å². The number of ether oxygens (including phenoxy) is 2. The van der Waals surface area contributed by atoms with Gasteiger partial charge in [-0.1, -0.05) is 24.3 Å². The van der Waals surface area contributed by atoms with Crippen molar-refractivity contribution in [3.8, 4) is 22.6 Å². The summed E-state index contributed by atoms with van der Waals surface area (Å²) in [4.78, 5) is 22.7. The molecular weight excluding hydrogens is 435 g/mol. The molecule has 1 heterocycles. The molecule has 0 radical (unpaired) electrons. The van der Waals surface area contributed by atoms with Gasteiger partial charge in [0.2, 0.25) is 6.41 Å². The Kier molecular flexibility index (Phi) is 6.99. The van der Waals surface area contributed by atoms with Gasteiger partial charge in [0.15, 0.2) is 0 Å². The van der Waals surface area contributed by atoms with Gasteiger partial charge in [-0.25, -0.2) is 9.86 Å². The van der Waals surface area contributed by atoms with Crippen molar-refractivity contribution in [2.45, 2.75) is 12.4 Å². The minimum atomic E-state index is -4.77. The number of alkyl halides is 3. The van der Waals surface area contributed by atoms with Crippen molar-refractivity contribution in [2.24, 2.45) is 0 Å². The molecule has 2 aromatic carbocycles. The lowest BCUT2D eigenvalue weighted by Crippen LogP contribution is -2.54. The number of quaternary nitrogens is 1. The molecule has 2 N–H and O–H groups in total. The monoisotopic (exact) mass is 455 g/mol. The SMILES string of the molecule is O=CN(O)C(COc1ccc(-c2ccc(OC(F)(F)F)cc2)cc1)C[N+]1([O-])CNCC1=O. The normalized spacial score (nSPS) is 19.5. The summed E-state index contributed by atoms with van der Waals surface area (Å²) in [5.41, 5.74) is 1.34. The van der Waals surface area contributed by atoms with E-state index in [1.165, 1.54) is 24.3 Å². The molecule has 12 heteroatoms. The fraction of sp³-hybridized carbons (Fsp3) is 0.300. The average molecular weight is 455 g/mol. The van der Waals surface area contributed by atoms with Crippen LogP contribution in [0.4, 0.5) is 13.2 Å². The molecule has 0 aliphatic carbocycles. The van der Waals surface area contributed by atoms with E-state index in [9.17, 15) is 33.2 Å². The third kappa shape index (κ3) is 5.95. The van der Waals surface area contributed by atoms with Crippen molar-refractivity contribution < 1.29 is 42.1 Å². The highest BCUT2D eigenvalue weighted by Gasteiger charge is 2.37. The van der Waals surface area contributed by atoms with E-state index in [1.807, 2.05) is 0 Å². The van der Waals surface area contributed by atoms with E-state index in [1.54, 1.807) is 24.3 Å². The van der Waals surface area contributed by atoms with Gasteiger partial charge in [0, 0.05) is 0 Å². The number of halogens is 3. The smallest absolute Gasteiger partial charge is 0.573 e. The Labute approximate surface area is 180 Å². The molecule has 1 aliphatic rings. The van der Waals surface area contributed by atoms with Crippen LogP contribution in [0.15, 0.2) is 48.5 Å². The third-order valence-corrected chi connectivity index (χ3v) is 4.80. The summed E-state index contributed by atoms with van der Waals surface area (Å²) in [7, 11) is 0. The maximum Gasteiger partial charge on any atom is 0.573 e. The second kappa shape index (κ2) is 9.53. The van der Waals surface area contributed by atoms with E-state index < -0.39 is 23.0 Å². The van der Waals surface area contributed by atoms with Crippen molar-refractivity contribution in [3.05, 3.63) is 53.7 Å². The topological polar surface area (TPSA) is 111 Å². The molecule has 0 bridgehead atoms. The fourth-order valence-electron chi connectivity index (χ4n) is 3.17. The van der Waals surface area contributed by atoms with Gasteiger partial charge in [-0.15, -0.1) is 13.2 Å². The minimum Gasteiger partial charge on any atom is -0.624 e. The molecule has 1 fully saturated rings. The number of carbonyl (C=O) groups is 2. The van der Waals surface area contributed by atoms with E-state index in [0.29, 0.717) is 21.9 Å². The van der Waals surface area contributed by atoms with Crippen LogP contribution in [0.2, 0.25) is 0 Å². The number of rotatable bonds is 9. The summed E-state index contributed by atoms with van der Waals surface area (Å²) in [5.74, 6) is -0.579. The number of hydroxylamine groups is 5. The predicted molar refractivity (Wildman–Crippen MR) is 104 cm³/mol. The van der Waals surface area contributed by atoms with Gasteiger partial charge in [-0.3, -0.25) is 20.0 Å². The first-order chi connectivity index (χ1) is 15.1. The highest BCUT2D eigenvalue weighted by atomic mass is 19.4. The van der Waals surface area contributed by atoms with Crippen LogP contribution < -0.4 is 14.8 Å². The van der Waals surface area contributed by atoms with Crippen molar-refractivity contribution in [2.75, 3.05) is 26.4 Å². The maximum atomic E-state index is 12.5. The molecule has 2 amide bonds. The van der Waals surface area contributed by atoms with Crippen LogP contribution in [0.5, 0.6) is 11.5 Å². The zero-order chi connectivity index (χ0) is 23.4. The van der Waals surface area contributed by atoms with Crippen LogP contribution in [-0.2, 0) is 9.59 Å². The van der Waals surface area contributed by atoms with Crippen molar-refractivity contribution in [1.29, 1.82) is 0 Å². The highest BCUT2D eigenvalue weighted by Crippen LogP contribution is 2.27. The molecule has 32 heavy (non-hydrogen) atoms. The lowest BCUT2D eigenvalue weighted by molar-refractivity contribution is -0.800. The molecule has 0 saturated carbocycles. The third-order valence-electron chi connectivity index (χ3n) is 4.80. The standard InChI is InChI=1S/C20H20F3N3O6/c21-20(22,23)32-18-7-3-15(4-8-18)14-1-5-17(6-2-14)31-11-16(25(29)13-27)10-26(30)12-24-9-19(26)28/h1-8,13,16,24,29H,9-12H2. The number of nitrogens with one attached hydrogen (secondary N) is 1. The number of carbonyl (C=O) groups excluding carboxylic acids is 2. The van der Waals surface area contributed by atoms with E-state index >= 15 is 0 Å². The zero-order valence-corrected chi connectivity index (χ0v) is 16.6. The summed E-state index contributed by atoms with van der Waals surface area (Å²) in [5, 5.41) is 25.2. The molecule has 172 valence electrons. The summed E-state index contributed by atoms with van der Waals surface area (Å²) < 4.78 is 44.9. The van der Waals surface area contributed by atoms with Gasteiger partial charge < -0.3 is 14.7 Å². The Balaban J connectivity index is 1.62. The van der Waals surface area contributed by atoms with E-state index in [4.69, 9.17) is 4.74 Å². The molecule has 2 unspecified atom stereocenters. The molecule has 9 nitrogen and oxygen atoms in total. The molecule has 0 spiro atoms. The summed E-state index contributed by atoms with van der Waals surface area (Å²) in [6.45, 7) is -0.878. The maximum absolute atomic E-state index is 12.5. The molecular formula is C20H20F3N3O6. The number of hydrogen-bond acceptors (Lipinski definition) is 7. The summed E-state index contributed by atoms with van der Waals surface area (Å²) in [6, 6.07) is 10.8. The second-order valence-electron chi connectivity index (χ2n) is 7.10. The average Bonchev–Trinajstić information content (AvgIpc) is 3.08. The van der Waals surface area contributed by atoms with E-state index in [0.717, 1.165) is 0 Å². The molecule has 1 aliphatic heterocycles. The first-order valence-electron chi connectivity index (χ1n) is 9.43. The Bertz CT molecular complexity index is 939. The summed E-state index contributed by atoms with van der Waals surface area (Å²) >= 11 is 0. The Hall–Kier alpha value is -3.19. The summed E-state index contributed by atoms with van der Waals surface area (Å²) in [6.07, 6.45) is -4.64. The van der Waals surface area contributed by atoms with Gasteiger partial charge in [0.25, 0.3) is 0 Å². The van der Waals surface area contributed by atoms with Gasteiger partial charge in [0.1, 0.15) is 43.9 Å². The quantitative estimate of drug-likeness (QED) is 0.196. The predicted octanol–water partition coefficient (Wildman–Crippen LogP) is 2.25. The van der Waals surface area contributed by atoms with E-state index in [2.05, 4.69) is 10.1 Å². The second-order valence-corrected chi connectivity index (χ2v) is 7.10. The number of hydrogen-bond donors (Lipinski definition) is 2. The molecule has 1 saturated heterocycles.